The summed E-state index contributed by atoms with van der Waals surface area (Å²) in [5.41, 5.74) is 3.57. The van der Waals surface area contributed by atoms with Gasteiger partial charge in [-0.2, -0.15) is 5.10 Å². The highest BCUT2D eigenvalue weighted by Crippen LogP contribution is 2.33. The van der Waals surface area contributed by atoms with E-state index in [4.69, 9.17) is 9.47 Å². The number of rotatable bonds is 8. The predicted molar refractivity (Wildman–Crippen MR) is 133 cm³/mol. The lowest BCUT2D eigenvalue weighted by Crippen LogP contribution is -2.29. The Bertz CT molecular complexity index is 1390. The third-order valence-electron chi connectivity index (χ3n) is 5.90. The van der Waals surface area contributed by atoms with Crippen molar-refractivity contribution in [3.05, 3.63) is 105 Å². The zero-order chi connectivity index (χ0) is 24.9. The second-order valence-corrected chi connectivity index (χ2v) is 8.27. The SMILES string of the molecule is COc1cc(Cn2nc(C)c(-c3ccccc3O)c(CCc3cccc(F)c3)c2=O)cc(OC)c1. The monoisotopic (exact) mass is 474 g/mol. The van der Waals surface area contributed by atoms with Crippen molar-refractivity contribution in [3.8, 4) is 28.4 Å². The molecule has 0 radical (unpaired) electrons. The van der Waals surface area contributed by atoms with E-state index in [-0.39, 0.29) is 23.7 Å². The first-order valence-corrected chi connectivity index (χ1v) is 11.2. The van der Waals surface area contributed by atoms with E-state index in [9.17, 15) is 14.3 Å². The zero-order valence-corrected chi connectivity index (χ0v) is 19.9. The molecule has 6 nitrogen and oxygen atoms in total. The van der Waals surface area contributed by atoms with Crippen LogP contribution in [0.4, 0.5) is 4.39 Å². The maximum Gasteiger partial charge on any atom is 0.270 e. The van der Waals surface area contributed by atoms with Gasteiger partial charge in [-0.05, 0) is 61.2 Å². The van der Waals surface area contributed by atoms with Crippen molar-refractivity contribution in [1.82, 2.24) is 9.78 Å². The van der Waals surface area contributed by atoms with E-state index >= 15 is 0 Å². The molecule has 0 saturated heterocycles. The van der Waals surface area contributed by atoms with Crippen LogP contribution in [0.15, 0.2) is 71.5 Å². The van der Waals surface area contributed by atoms with Crippen LogP contribution < -0.4 is 15.0 Å². The van der Waals surface area contributed by atoms with Crippen LogP contribution >= 0.6 is 0 Å². The summed E-state index contributed by atoms with van der Waals surface area (Å²) in [6.07, 6.45) is 0.820. The van der Waals surface area contributed by atoms with E-state index in [2.05, 4.69) is 5.10 Å². The van der Waals surface area contributed by atoms with Gasteiger partial charge in [-0.25, -0.2) is 9.07 Å². The summed E-state index contributed by atoms with van der Waals surface area (Å²) in [6.45, 7) is 2.02. The van der Waals surface area contributed by atoms with Gasteiger partial charge >= 0.3 is 0 Å². The Morgan fingerprint density at radius 1 is 0.914 bits per heavy atom. The van der Waals surface area contributed by atoms with Crippen LogP contribution in [-0.2, 0) is 19.4 Å². The number of methoxy groups -OCH3 is 2. The van der Waals surface area contributed by atoms with Gasteiger partial charge in [-0.3, -0.25) is 4.79 Å². The minimum absolute atomic E-state index is 0.0686. The number of aryl methyl sites for hydroxylation is 2. The van der Waals surface area contributed by atoms with E-state index in [1.807, 2.05) is 25.1 Å². The van der Waals surface area contributed by atoms with Crippen molar-refractivity contribution >= 4 is 0 Å². The Balaban J connectivity index is 1.81. The first-order chi connectivity index (χ1) is 16.9. The number of aromatic nitrogens is 2. The second-order valence-electron chi connectivity index (χ2n) is 8.27. The van der Waals surface area contributed by atoms with Crippen LogP contribution in [0.2, 0.25) is 0 Å². The number of hydrogen-bond acceptors (Lipinski definition) is 5. The largest absolute Gasteiger partial charge is 0.507 e. The summed E-state index contributed by atoms with van der Waals surface area (Å²) in [7, 11) is 3.14. The molecular formula is C28H27FN2O4. The first-order valence-electron chi connectivity index (χ1n) is 11.2. The van der Waals surface area contributed by atoms with Crippen LogP contribution in [0.3, 0.4) is 0 Å². The van der Waals surface area contributed by atoms with Crippen LogP contribution in [0.25, 0.3) is 11.1 Å². The van der Waals surface area contributed by atoms with Gasteiger partial charge in [0.15, 0.2) is 0 Å². The Morgan fingerprint density at radius 2 is 1.63 bits per heavy atom. The molecule has 1 aromatic heterocycles. The highest BCUT2D eigenvalue weighted by molar-refractivity contribution is 5.74. The molecule has 0 amide bonds. The van der Waals surface area contributed by atoms with E-state index in [0.717, 1.165) is 11.1 Å². The summed E-state index contributed by atoms with van der Waals surface area (Å²) in [5, 5.41) is 15.1. The molecule has 0 saturated carbocycles. The maximum atomic E-state index is 13.7. The van der Waals surface area contributed by atoms with Gasteiger partial charge in [-0.15, -0.1) is 0 Å². The molecule has 0 fully saturated rings. The average Bonchev–Trinajstić information content (AvgIpc) is 2.85. The number of hydrogen-bond donors (Lipinski definition) is 1. The van der Waals surface area contributed by atoms with Gasteiger partial charge in [0.25, 0.3) is 5.56 Å². The summed E-state index contributed by atoms with van der Waals surface area (Å²) in [6, 6.07) is 18.6. The normalized spacial score (nSPS) is 10.9. The van der Waals surface area contributed by atoms with Crippen molar-refractivity contribution in [2.75, 3.05) is 14.2 Å². The van der Waals surface area contributed by atoms with E-state index in [1.54, 1.807) is 50.6 Å². The summed E-state index contributed by atoms with van der Waals surface area (Å²) in [4.78, 5) is 13.7. The molecule has 35 heavy (non-hydrogen) atoms. The highest BCUT2D eigenvalue weighted by Gasteiger charge is 2.19. The van der Waals surface area contributed by atoms with Crippen molar-refractivity contribution in [3.63, 3.8) is 0 Å². The van der Waals surface area contributed by atoms with Crippen molar-refractivity contribution in [2.24, 2.45) is 0 Å². The number of halogens is 1. The maximum absolute atomic E-state index is 13.7. The third kappa shape index (κ3) is 5.35. The quantitative estimate of drug-likeness (QED) is 0.393. The van der Waals surface area contributed by atoms with Gasteiger partial charge in [0.1, 0.15) is 23.1 Å². The molecule has 1 N–H and O–H groups in total. The number of nitrogens with zero attached hydrogens (tertiary/aromatic N) is 2. The molecule has 0 aliphatic heterocycles. The minimum Gasteiger partial charge on any atom is -0.507 e. The molecule has 0 bridgehead atoms. The smallest absolute Gasteiger partial charge is 0.270 e. The molecule has 1 heterocycles. The molecule has 0 spiro atoms. The summed E-state index contributed by atoms with van der Waals surface area (Å²) < 4.78 is 25.9. The van der Waals surface area contributed by atoms with Crippen LogP contribution in [0, 0.1) is 12.7 Å². The third-order valence-corrected chi connectivity index (χ3v) is 5.90. The lowest BCUT2D eigenvalue weighted by Gasteiger charge is -2.17. The molecule has 4 rings (SSSR count). The van der Waals surface area contributed by atoms with Crippen molar-refractivity contribution in [1.29, 1.82) is 0 Å². The van der Waals surface area contributed by atoms with E-state index < -0.39 is 0 Å². The lowest BCUT2D eigenvalue weighted by molar-refractivity contribution is 0.393. The van der Waals surface area contributed by atoms with E-state index in [0.29, 0.717) is 46.7 Å². The highest BCUT2D eigenvalue weighted by atomic mass is 19.1. The number of ether oxygens (including phenoxy) is 2. The number of aromatic hydroxyl groups is 1. The van der Waals surface area contributed by atoms with Crippen molar-refractivity contribution < 1.29 is 19.0 Å². The van der Waals surface area contributed by atoms with Crippen LogP contribution in [-0.4, -0.2) is 29.1 Å². The second kappa shape index (κ2) is 10.4. The molecular weight excluding hydrogens is 447 g/mol. The number of phenols is 1. The first kappa shape index (κ1) is 24.0. The van der Waals surface area contributed by atoms with Crippen molar-refractivity contribution in [2.45, 2.75) is 26.3 Å². The van der Waals surface area contributed by atoms with Gasteiger partial charge in [-0.1, -0.05) is 30.3 Å². The molecule has 7 heteroatoms. The minimum atomic E-state index is -0.321. The zero-order valence-electron chi connectivity index (χ0n) is 19.9. The summed E-state index contributed by atoms with van der Waals surface area (Å²) >= 11 is 0. The number of benzene rings is 3. The predicted octanol–water partition coefficient (Wildman–Crippen LogP) is 4.91. The molecule has 180 valence electrons. The molecule has 4 aromatic rings. The topological polar surface area (TPSA) is 73.6 Å². The summed E-state index contributed by atoms with van der Waals surface area (Å²) in [5.74, 6) is 0.973. The van der Waals surface area contributed by atoms with Gasteiger partial charge in [0.05, 0.1) is 26.5 Å². The average molecular weight is 475 g/mol. The molecule has 0 atom stereocenters. The molecule has 3 aromatic carbocycles. The fourth-order valence-electron chi connectivity index (χ4n) is 4.23. The Labute approximate surface area is 203 Å². The van der Waals surface area contributed by atoms with Gasteiger partial charge in [0.2, 0.25) is 0 Å². The molecule has 0 unspecified atom stereocenters. The van der Waals surface area contributed by atoms with Gasteiger partial charge in [0, 0.05) is 22.8 Å². The molecule has 0 aliphatic rings. The Morgan fingerprint density at radius 3 is 2.29 bits per heavy atom. The number of phenolic OH excluding ortho intramolecular Hbond substituents is 1. The standard InChI is InChI=1S/C28H27FN2O4/c1-18-27(24-9-4-5-10-26(24)32)25(12-11-19-7-6-8-21(29)13-19)28(33)31(30-18)17-20-14-22(34-2)16-23(15-20)35-3/h4-10,13-16,32H,11-12,17H2,1-3H3. The lowest BCUT2D eigenvalue weighted by atomic mass is 9.94. The van der Waals surface area contributed by atoms with E-state index in [1.165, 1.54) is 16.8 Å². The fourth-order valence-corrected chi connectivity index (χ4v) is 4.23. The Hall–Kier alpha value is -4.13. The Kier molecular flexibility index (Phi) is 7.15. The van der Waals surface area contributed by atoms with Gasteiger partial charge < -0.3 is 14.6 Å². The van der Waals surface area contributed by atoms with Crippen LogP contribution in [0.1, 0.15) is 22.4 Å². The number of para-hydroxylation sites is 1. The van der Waals surface area contributed by atoms with Crippen LogP contribution in [0.5, 0.6) is 17.2 Å². The fraction of sp³-hybridized carbons (Fsp3) is 0.214. The molecule has 0 aliphatic carbocycles.